The summed E-state index contributed by atoms with van der Waals surface area (Å²) in [6, 6.07) is 18.9. The van der Waals surface area contributed by atoms with Gasteiger partial charge in [0, 0.05) is 24.3 Å². The average molecular weight is 344 g/mol. The zero-order chi connectivity index (χ0) is 18.3. The molecule has 0 saturated heterocycles. The van der Waals surface area contributed by atoms with Gasteiger partial charge in [0.05, 0.1) is 9.85 Å². The van der Waals surface area contributed by atoms with Gasteiger partial charge in [-0.2, -0.15) is 0 Å². The van der Waals surface area contributed by atoms with Crippen LogP contribution in [0, 0.1) is 20.2 Å². The van der Waals surface area contributed by atoms with Crippen molar-refractivity contribution < 1.29 is 9.85 Å². The van der Waals surface area contributed by atoms with Crippen molar-refractivity contribution in [2.24, 2.45) is 0 Å². The van der Waals surface area contributed by atoms with E-state index in [-0.39, 0.29) is 11.4 Å². The molecule has 0 aliphatic heterocycles. The summed E-state index contributed by atoms with van der Waals surface area (Å²) < 4.78 is 0. The second-order valence-electron chi connectivity index (χ2n) is 5.94. The third-order valence-corrected chi connectivity index (χ3v) is 4.43. The van der Waals surface area contributed by atoms with E-state index in [1.165, 1.54) is 18.2 Å². The molecule has 0 radical (unpaired) electrons. The molecule has 0 unspecified atom stereocenters. The molecule has 0 N–H and O–H groups in total. The molecule has 3 aromatic rings. The van der Waals surface area contributed by atoms with Gasteiger partial charge in [0.15, 0.2) is 0 Å². The van der Waals surface area contributed by atoms with Gasteiger partial charge in [-0.25, -0.2) is 0 Å². The molecule has 0 aromatic heterocycles. The predicted molar refractivity (Wildman–Crippen MR) is 98.6 cm³/mol. The fourth-order valence-corrected chi connectivity index (χ4v) is 3.22. The average Bonchev–Trinajstić information content (AvgIpc) is 2.96. The number of nitro benzene ring substituents is 2. The standard InChI is InChI=1S/C20H12N2O4/c23-21(24)14-7-5-13(6-8-14)11-19-17-4-2-1-3-16(17)18-10-9-15(22(25)26)12-20(18)19/h1-12H. The molecule has 6 heteroatoms. The Labute approximate surface area is 148 Å². The van der Waals surface area contributed by atoms with Gasteiger partial charge >= 0.3 is 0 Å². The van der Waals surface area contributed by atoms with Gasteiger partial charge in [0.1, 0.15) is 0 Å². The number of nitrogens with zero attached hydrogens (tertiary/aromatic N) is 2. The topological polar surface area (TPSA) is 86.3 Å². The van der Waals surface area contributed by atoms with Gasteiger partial charge in [-0.05, 0) is 57.7 Å². The minimum atomic E-state index is -0.444. The van der Waals surface area contributed by atoms with Crippen LogP contribution in [0.5, 0.6) is 0 Å². The number of hydrogen-bond donors (Lipinski definition) is 0. The number of nitro groups is 2. The molecule has 0 fully saturated rings. The molecule has 4 rings (SSSR count). The van der Waals surface area contributed by atoms with Crippen LogP contribution in [0.1, 0.15) is 16.7 Å². The van der Waals surface area contributed by atoms with E-state index in [4.69, 9.17) is 0 Å². The van der Waals surface area contributed by atoms with Crippen LogP contribution in [-0.4, -0.2) is 9.85 Å². The number of fused-ring (bicyclic) bond motifs is 3. The van der Waals surface area contributed by atoms with E-state index in [1.807, 2.05) is 30.3 Å². The molecule has 0 heterocycles. The molecule has 126 valence electrons. The van der Waals surface area contributed by atoms with Crippen molar-refractivity contribution in [3.63, 3.8) is 0 Å². The van der Waals surface area contributed by atoms with Gasteiger partial charge in [-0.15, -0.1) is 0 Å². The lowest BCUT2D eigenvalue weighted by molar-refractivity contribution is -0.385. The van der Waals surface area contributed by atoms with Crippen LogP contribution in [0.3, 0.4) is 0 Å². The Morgan fingerprint density at radius 3 is 1.88 bits per heavy atom. The number of hydrogen-bond acceptors (Lipinski definition) is 4. The molecular formula is C20H12N2O4. The zero-order valence-electron chi connectivity index (χ0n) is 13.5. The minimum Gasteiger partial charge on any atom is -0.258 e. The maximum atomic E-state index is 11.2. The maximum absolute atomic E-state index is 11.2. The third kappa shape index (κ3) is 2.53. The van der Waals surface area contributed by atoms with Crippen LogP contribution in [-0.2, 0) is 0 Å². The molecule has 26 heavy (non-hydrogen) atoms. The number of non-ortho nitro benzene ring substituents is 2. The van der Waals surface area contributed by atoms with E-state index in [0.29, 0.717) is 0 Å². The Hall–Kier alpha value is -3.80. The first-order chi connectivity index (χ1) is 12.5. The Bertz CT molecular complexity index is 1090. The first-order valence-corrected chi connectivity index (χ1v) is 7.89. The smallest absolute Gasteiger partial charge is 0.258 e. The highest BCUT2D eigenvalue weighted by atomic mass is 16.6. The van der Waals surface area contributed by atoms with Crippen LogP contribution in [0.15, 0.2) is 66.7 Å². The molecule has 0 amide bonds. The molecule has 0 spiro atoms. The van der Waals surface area contributed by atoms with Crippen LogP contribution in [0.25, 0.3) is 22.8 Å². The fourth-order valence-electron chi connectivity index (χ4n) is 3.22. The molecule has 0 bridgehead atoms. The van der Waals surface area contributed by atoms with Crippen molar-refractivity contribution >= 4 is 23.0 Å². The molecule has 6 nitrogen and oxygen atoms in total. The second kappa shape index (κ2) is 5.93. The summed E-state index contributed by atoms with van der Waals surface area (Å²) in [6.45, 7) is 0. The van der Waals surface area contributed by atoms with Gasteiger partial charge in [-0.3, -0.25) is 20.2 Å². The first-order valence-electron chi connectivity index (χ1n) is 7.89. The summed E-state index contributed by atoms with van der Waals surface area (Å²) >= 11 is 0. The third-order valence-electron chi connectivity index (χ3n) is 4.43. The predicted octanol–water partition coefficient (Wildman–Crippen LogP) is 5.07. The molecule has 1 aliphatic carbocycles. The lowest BCUT2D eigenvalue weighted by atomic mass is 10.0. The van der Waals surface area contributed by atoms with Crippen LogP contribution in [0.2, 0.25) is 0 Å². The lowest BCUT2D eigenvalue weighted by Gasteiger charge is -2.03. The quantitative estimate of drug-likeness (QED) is 0.383. The normalized spacial score (nSPS) is 13.3. The van der Waals surface area contributed by atoms with E-state index in [0.717, 1.165) is 33.4 Å². The Kier molecular flexibility index (Phi) is 3.58. The van der Waals surface area contributed by atoms with Crippen molar-refractivity contribution in [3.05, 3.63) is 104 Å². The highest BCUT2D eigenvalue weighted by molar-refractivity contribution is 6.06. The summed E-state index contributed by atoms with van der Waals surface area (Å²) in [5.74, 6) is 0. The largest absolute Gasteiger partial charge is 0.270 e. The van der Waals surface area contributed by atoms with Crippen molar-refractivity contribution in [1.29, 1.82) is 0 Å². The maximum Gasteiger partial charge on any atom is 0.270 e. The minimum absolute atomic E-state index is 0.0232. The highest BCUT2D eigenvalue weighted by Crippen LogP contribution is 2.46. The van der Waals surface area contributed by atoms with Gasteiger partial charge in [0.25, 0.3) is 11.4 Å². The van der Waals surface area contributed by atoms with Crippen molar-refractivity contribution in [2.45, 2.75) is 0 Å². The summed E-state index contributed by atoms with van der Waals surface area (Å²) in [5, 5.41) is 22.0. The SMILES string of the molecule is O=[N+]([O-])c1ccc(C=C2c3ccccc3-c3ccc([N+](=O)[O-])cc32)cc1. The van der Waals surface area contributed by atoms with Crippen LogP contribution in [0.4, 0.5) is 11.4 Å². The summed E-state index contributed by atoms with van der Waals surface area (Å²) in [7, 11) is 0. The first kappa shape index (κ1) is 15.7. The van der Waals surface area contributed by atoms with Gasteiger partial charge in [0.2, 0.25) is 0 Å². The van der Waals surface area contributed by atoms with Crippen LogP contribution >= 0.6 is 0 Å². The van der Waals surface area contributed by atoms with E-state index in [2.05, 4.69) is 0 Å². The number of benzene rings is 3. The Balaban J connectivity index is 1.89. The van der Waals surface area contributed by atoms with E-state index >= 15 is 0 Å². The van der Waals surface area contributed by atoms with Crippen molar-refractivity contribution in [3.8, 4) is 11.1 Å². The Morgan fingerprint density at radius 1 is 0.654 bits per heavy atom. The summed E-state index contributed by atoms with van der Waals surface area (Å²) in [6.07, 6.45) is 1.90. The second-order valence-corrected chi connectivity index (χ2v) is 5.94. The molecule has 0 saturated carbocycles. The van der Waals surface area contributed by atoms with Crippen LogP contribution < -0.4 is 0 Å². The molecule has 1 aliphatic rings. The van der Waals surface area contributed by atoms with E-state index in [1.54, 1.807) is 24.3 Å². The molecule has 0 atom stereocenters. The van der Waals surface area contributed by atoms with E-state index < -0.39 is 9.85 Å². The van der Waals surface area contributed by atoms with Gasteiger partial charge in [-0.1, -0.05) is 24.3 Å². The van der Waals surface area contributed by atoms with Crippen molar-refractivity contribution in [2.75, 3.05) is 0 Å². The zero-order valence-corrected chi connectivity index (χ0v) is 13.5. The highest BCUT2D eigenvalue weighted by Gasteiger charge is 2.25. The van der Waals surface area contributed by atoms with Gasteiger partial charge < -0.3 is 0 Å². The van der Waals surface area contributed by atoms with E-state index in [9.17, 15) is 20.2 Å². The summed E-state index contributed by atoms with van der Waals surface area (Å²) in [4.78, 5) is 21.1. The fraction of sp³-hybridized carbons (Fsp3) is 0. The Morgan fingerprint density at radius 2 is 1.23 bits per heavy atom. The van der Waals surface area contributed by atoms with Crippen molar-refractivity contribution in [1.82, 2.24) is 0 Å². The summed E-state index contributed by atoms with van der Waals surface area (Å²) in [5.41, 5.74) is 5.46. The molecule has 3 aromatic carbocycles. The number of rotatable bonds is 3. The molecular weight excluding hydrogens is 332 g/mol. The monoisotopic (exact) mass is 344 g/mol. The lowest BCUT2D eigenvalue weighted by Crippen LogP contribution is -1.90.